The zero-order chi connectivity index (χ0) is 43.8. The maximum Gasteiger partial charge on any atom is 0.307 e. The lowest BCUT2D eigenvalue weighted by atomic mass is 9.71. The van der Waals surface area contributed by atoms with Crippen molar-refractivity contribution in [2.24, 2.45) is 10.8 Å². The van der Waals surface area contributed by atoms with Gasteiger partial charge in [0, 0.05) is 19.3 Å². The van der Waals surface area contributed by atoms with E-state index in [0.29, 0.717) is 24.0 Å². The van der Waals surface area contributed by atoms with E-state index in [1.54, 1.807) is 13.8 Å². The monoisotopic (exact) mass is 794 g/mol. The summed E-state index contributed by atoms with van der Waals surface area (Å²) < 4.78 is 10.8. The third-order valence-electron chi connectivity index (χ3n) is 10.0. The Bertz CT molecular complexity index is 1820. The van der Waals surface area contributed by atoms with E-state index in [1.807, 2.05) is 140 Å². The number of rotatable bonds is 18. The molecule has 2 rings (SSSR count). The lowest BCUT2D eigenvalue weighted by molar-refractivity contribution is -0.157. The van der Waals surface area contributed by atoms with E-state index in [9.17, 15) is 28.8 Å². The molecule has 0 spiro atoms. The zero-order valence-electron chi connectivity index (χ0n) is 36.2. The van der Waals surface area contributed by atoms with E-state index in [0.717, 1.165) is 33.4 Å². The molecule has 0 saturated heterocycles. The van der Waals surface area contributed by atoms with Gasteiger partial charge in [0.15, 0.2) is 23.8 Å². The van der Waals surface area contributed by atoms with Crippen molar-refractivity contribution >= 4 is 35.3 Å². The van der Waals surface area contributed by atoms with Crippen LogP contribution in [0.15, 0.2) is 130 Å². The van der Waals surface area contributed by atoms with Gasteiger partial charge in [-0.1, -0.05) is 135 Å². The normalized spacial score (nSPS) is 21.1. The highest BCUT2D eigenvalue weighted by molar-refractivity contribution is 6.02. The Morgan fingerprint density at radius 3 is 1.28 bits per heavy atom. The molecule has 0 aromatic heterocycles. The van der Waals surface area contributed by atoms with Crippen LogP contribution < -0.4 is 0 Å². The van der Waals surface area contributed by atoms with E-state index in [2.05, 4.69) is 0 Å². The second-order valence-electron chi connectivity index (χ2n) is 16.4. The average molecular weight is 795 g/mol. The minimum absolute atomic E-state index is 0.0228. The second-order valence-corrected chi connectivity index (χ2v) is 16.4. The van der Waals surface area contributed by atoms with Gasteiger partial charge in [-0.2, -0.15) is 0 Å². The van der Waals surface area contributed by atoms with Gasteiger partial charge in [0.2, 0.25) is 0 Å². The molecule has 2 aliphatic rings. The van der Waals surface area contributed by atoms with Crippen molar-refractivity contribution in [3.63, 3.8) is 0 Å². The molecular weight excluding hydrogens is 733 g/mol. The summed E-state index contributed by atoms with van der Waals surface area (Å²) in [7, 11) is 0. The largest absolute Gasteiger partial charge is 0.481 e. The van der Waals surface area contributed by atoms with Gasteiger partial charge in [-0.3, -0.25) is 24.0 Å². The van der Waals surface area contributed by atoms with Crippen LogP contribution in [0.1, 0.15) is 115 Å². The molecule has 9 heteroatoms. The number of hydrogen-bond donors (Lipinski definition) is 1. The third kappa shape index (κ3) is 16.2. The first-order valence-electron chi connectivity index (χ1n) is 19.7. The van der Waals surface area contributed by atoms with Gasteiger partial charge in [-0.25, -0.2) is 0 Å². The quantitative estimate of drug-likeness (QED) is 0.106. The average Bonchev–Trinajstić information content (AvgIpc) is 3.12. The SMILES string of the molecule is CC(=O)CCC(=O)OC1CC(C)(C)C(/C=C/C(C)=C/C=C/C(C)=C/C=C/C=C(C)/C=C/C=C(C)/C=C/C2=C(C)C(=O)C(OC(=O)CCC(=O)O)CC2(C)C)=C(C)C1=O. The standard InChI is InChI=1S/C49H62O9/c1-32(18-14-20-34(3)22-25-39-37(6)46(55)41(30-48(39,8)9)57-44(53)28-24-36(5)50)16-12-13-17-33(2)19-15-21-35(4)23-26-40-38(7)47(56)42(31-49(40,10)11)58-45(54)29-27-43(51)52/h12-23,25-26,41-42H,24,27-31H2,1-11H3,(H,51,52)/b13-12+,18-14+,19-15+,25-22+,26-23+,32-16+,33-17+,34-20+,35-21+. The molecule has 0 aliphatic heterocycles. The Morgan fingerprint density at radius 1 is 0.569 bits per heavy atom. The van der Waals surface area contributed by atoms with Crippen LogP contribution in [0.25, 0.3) is 0 Å². The summed E-state index contributed by atoms with van der Waals surface area (Å²) in [5.74, 6) is -2.86. The van der Waals surface area contributed by atoms with Crippen molar-refractivity contribution in [3.8, 4) is 0 Å². The predicted octanol–water partition coefficient (Wildman–Crippen LogP) is 10.2. The summed E-state index contributed by atoms with van der Waals surface area (Å²) >= 11 is 0. The fraction of sp³-hybridized carbons (Fsp3) is 0.429. The lowest BCUT2D eigenvalue weighted by Crippen LogP contribution is -2.39. The first-order chi connectivity index (χ1) is 27.0. The van der Waals surface area contributed by atoms with Gasteiger partial charge >= 0.3 is 17.9 Å². The summed E-state index contributed by atoms with van der Waals surface area (Å²) in [6.07, 6.45) is 26.2. The molecule has 2 atom stereocenters. The van der Waals surface area contributed by atoms with E-state index >= 15 is 0 Å². The van der Waals surface area contributed by atoms with Crippen LogP contribution in [0.5, 0.6) is 0 Å². The molecule has 0 heterocycles. The number of aliphatic carboxylic acids is 1. The van der Waals surface area contributed by atoms with Gasteiger partial charge in [0.1, 0.15) is 5.78 Å². The number of carbonyl (C=O) groups excluding carboxylic acids is 5. The highest BCUT2D eigenvalue weighted by atomic mass is 16.6. The van der Waals surface area contributed by atoms with E-state index in [-0.39, 0.29) is 48.4 Å². The molecule has 0 bridgehead atoms. The summed E-state index contributed by atoms with van der Waals surface area (Å²) in [5, 5.41) is 8.81. The predicted molar refractivity (Wildman–Crippen MR) is 229 cm³/mol. The zero-order valence-corrected chi connectivity index (χ0v) is 36.2. The Kier molecular flexibility index (Phi) is 18.9. The van der Waals surface area contributed by atoms with E-state index < -0.39 is 35.5 Å². The van der Waals surface area contributed by atoms with Gasteiger partial charge in [0.25, 0.3) is 0 Å². The van der Waals surface area contributed by atoms with Crippen LogP contribution in [0.3, 0.4) is 0 Å². The van der Waals surface area contributed by atoms with Crippen molar-refractivity contribution in [3.05, 3.63) is 130 Å². The molecule has 0 radical (unpaired) electrons. The van der Waals surface area contributed by atoms with Crippen molar-refractivity contribution < 1.29 is 43.3 Å². The van der Waals surface area contributed by atoms with Crippen LogP contribution in [0.2, 0.25) is 0 Å². The molecule has 58 heavy (non-hydrogen) atoms. The Labute approximate surface area is 345 Å². The molecule has 1 N–H and O–H groups in total. The molecule has 0 fully saturated rings. The number of carboxylic acids is 1. The van der Waals surface area contributed by atoms with Gasteiger partial charge in [-0.05, 0) is 81.6 Å². The van der Waals surface area contributed by atoms with Crippen molar-refractivity contribution in [2.45, 2.75) is 127 Å². The maximum absolute atomic E-state index is 13.0. The molecule has 2 unspecified atom stereocenters. The number of Topliss-reactive ketones (excluding diaryl/α,β-unsaturated/α-hetero) is 3. The number of hydrogen-bond acceptors (Lipinski definition) is 8. The van der Waals surface area contributed by atoms with Crippen LogP contribution in [0, 0.1) is 10.8 Å². The Morgan fingerprint density at radius 2 is 0.914 bits per heavy atom. The van der Waals surface area contributed by atoms with Crippen LogP contribution in [-0.2, 0) is 38.2 Å². The van der Waals surface area contributed by atoms with Gasteiger partial charge in [-0.15, -0.1) is 0 Å². The Balaban J connectivity index is 1.97. The minimum atomic E-state index is -1.09. The summed E-state index contributed by atoms with van der Waals surface area (Å²) in [6, 6.07) is 0. The summed E-state index contributed by atoms with van der Waals surface area (Å²) in [4.78, 5) is 72.3. The topological polar surface area (TPSA) is 141 Å². The van der Waals surface area contributed by atoms with Crippen LogP contribution in [0.4, 0.5) is 0 Å². The van der Waals surface area contributed by atoms with E-state index in [1.165, 1.54) is 6.92 Å². The molecule has 0 saturated carbocycles. The number of carboxylic acid groups (broad SMARTS) is 1. The molecule has 0 amide bonds. The maximum atomic E-state index is 13.0. The minimum Gasteiger partial charge on any atom is -0.481 e. The van der Waals surface area contributed by atoms with Crippen molar-refractivity contribution in [2.75, 3.05) is 0 Å². The molecule has 2 aliphatic carbocycles. The highest BCUT2D eigenvalue weighted by Gasteiger charge is 2.41. The van der Waals surface area contributed by atoms with Crippen LogP contribution in [-0.4, -0.2) is 52.6 Å². The number of allylic oxidation sites excluding steroid dienone is 20. The van der Waals surface area contributed by atoms with Crippen molar-refractivity contribution in [1.82, 2.24) is 0 Å². The third-order valence-corrected chi connectivity index (χ3v) is 10.0. The number of ether oxygens (including phenoxy) is 2. The number of esters is 2. The van der Waals surface area contributed by atoms with Crippen LogP contribution >= 0.6 is 0 Å². The van der Waals surface area contributed by atoms with E-state index in [4.69, 9.17) is 14.6 Å². The smallest absolute Gasteiger partial charge is 0.307 e. The molecule has 0 aromatic rings. The van der Waals surface area contributed by atoms with Gasteiger partial charge in [0.05, 0.1) is 19.3 Å². The Hall–Kier alpha value is -5.44. The molecule has 9 nitrogen and oxygen atoms in total. The number of carbonyl (C=O) groups is 6. The van der Waals surface area contributed by atoms with Gasteiger partial charge < -0.3 is 19.4 Å². The fourth-order valence-electron chi connectivity index (χ4n) is 6.68. The fourth-order valence-corrected chi connectivity index (χ4v) is 6.68. The molecule has 0 aromatic carbocycles. The molecular formula is C49H62O9. The molecule has 312 valence electrons. The first kappa shape index (κ1) is 48.7. The number of ketones is 3. The highest BCUT2D eigenvalue weighted by Crippen LogP contribution is 2.42. The lowest BCUT2D eigenvalue weighted by Gasteiger charge is -2.36. The second kappa shape index (κ2) is 22.5. The summed E-state index contributed by atoms with van der Waals surface area (Å²) in [5.41, 5.74) is 6.22. The first-order valence-corrected chi connectivity index (χ1v) is 19.7. The van der Waals surface area contributed by atoms with Crippen molar-refractivity contribution in [1.29, 1.82) is 0 Å². The summed E-state index contributed by atoms with van der Waals surface area (Å²) in [6.45, 7) is 21.0.